The van der Waals surface area contributed by atoms with E-state index in [1.807, 2.05) is 31.2 Å². The molecular weight excluding hydrogens is 228 g/mol. The molecule has 100 valence electrons. The van der Waals surface area contributed by atoms with Gasteiger partial charge in [0.15, 0.2) is 0 Å². The molecule has 0 heterocycles. The first-order chi connectivity index (χ1) is 8.34. The van der Waals surface area contributed by atoms with Gasteiger partial charge in [0, 0.05) is 12.5 Å². The van der Waals surface area contributed by atoms with E-state index in [4.69, 9.17) is 10.8 Å². The van der Waals surface area contributed by atoms with E-state index in [-0.39, 0.29) is 25.0 Å². The summed E-state index contributed by atoms with van der Waals surface area (Å²) >= 11 is 0. The van der Waals surface area contributed by atoms with Crippen LogP contribution in [0.4, 0.5) is 0 Å². The number of carbonyl (C=O) groups excluding carboxylic acids is 1. The van der Waals surface area contributed by atoms with Crippen molar-refractivity contribution in [3.05, 3.63) is 35.4 Å². The molecule has 4 nitrogen and oxygen atoms in total. The second-order valence-corrected chi connectivity index (χ2v) is 5.31. The molecule has 0 aliphatic rings. The van der Waals surface area contributed by atoms with E-state index in [2.05, 4.69) is 5.32 Å². The fourth-order valence-electron chi connectivity index (χ4n) is 1.60. The van der Waals surface area contributed by atoms with Crippen molar-refractivity contribution in [2.75, 3.05) is 6.61 Å². The minimum absolute atomic E-state index is 0.0987. The van der Waals surface area contributed by atoms with Crippen LogP contribution in [0.25, 0.3) is 0 Å². The maximum Gasteiger partial charge on any atom is 0.222 e. The molecule has 4 heteroatoms. The highest BCUT2D eigenvalue weighted by Crippen LogP contribution is 2.15. The maximum absolute atomic E-state index is 11.8. The second kappa shape index (κ2) is 5.98. The van der Waals surface area contributed by atoms with Crippen molar-refractivity contribution in [2.45, 2.75) is 38.8 Å². The number of amides is 1. The van der Waals surface area contributed by atoms with Crippen LogP contribution in [0.1, 0.15) is 37.4 Å². The lowest BCUT2D eigenvalue weighted by atomic mass is 10.0. The van der Waals surface area contributed by atoms with Crippen LogP contribution in [0.3, 0.4) is 0 Å². The molecule has 0 saturated heterocycles. The van der Waals surface area contributed by atoms with Gasteiger partial charge in [-0.3, -0.25) is 4.79 Å². The van der Waals surface area contributed by atoms with Crippen molar-refractivity contribution in [3.63, 3.8) is 0 Å². The molecule has 0 spiro atoms. The fourth-order valence-corrected chi connectivity index (χ4v) is 1.60. The quantitative estimate of drug-likeness (QED) is 0.736. The molecule has 0 saturated carbocycles. The number of rotatable bonds is 5. The van der Waals surface area contributed by atoms with Crippen LogP contribution < -0.4 is 11.1 Å². The Hall–Kier alpha value is -1.39. The number of aliphatic hydroxyl groups is 1. The molecule has 1 atom stereocenters. The van der Waals surface area contributed by atoms with Crippen molar-refractivity contribution >= 4 is 5.91 Å². The Morgan fingerprint density at radius 2 is 1.94 bits per heavy atom. The molecule has 0 fully saturated rings. The molecule has 1 aromatic carbocycles. The predicted octanol–water partition coefficient (Wildman–Crippen LogP) is 1.27. The smallest absolute Gasteiger partial charge is 0.222 e. The summed E-state index contributed by atoms with van der Waals surface area (Å²) in [5.74, 6) is -0.151. The predicted molar refractivity (Wildman–Crippen MR) is 72.0 cm³/mol. The number of aryl methyl sites for hydroxylation is 1. The zero-order valence-electron chi connectivity index (χ0n) is 11.2. The van der Waals surface area contributed by atoms with Crippen LogP contribution in [0.15, 0.2) is 24.3 Å². The molecule has 0 aliphatic heterocycles. The van der Waals surface area contributed by atoms with Gasteiger partial charge in [0.25, 0.3) is 0 Å². The van der Waals surface area contributed by atoms with Crippen LogP contribution in [0.5, 0.6) is 0 Å². The van der Waals surface area contributed by atoms with Gasteiger partial charge in [-0.1, -0.05) is 29.8 Å². The molecule has 1 aromatic rings. The first-order valence-corrected chi connectivity index (χ1v) is 6.08. The number of nitrogens with two attached hydrogens (primary N) is 1. The summed E-state index contributed by atoms with van der Waals surface area (Å²) in [5.41, 5.74) is 7.48. The van der Waals surface area contributed by atoms with E-state index in [0.717, 1.165) is 11.1 Å². The number of aliphatic hydroxyl groups excluding tert-OH is 1. The monoisotopic (exact) mass is 250 g/mol. The van der Waals surface area contributed by atoms with Gasteiger partial charge in [0.1, 0.15) is 0 Å². The van der Waals surface area contributed by atoms with E-state index >= 15 is 0 Å². The van der Waals surface area contributed by atoms with E-state index in [0.29, 0.717) is 0 Å². The zero-order valence-corrected chi connectivity index (χ0v) is 11.2. The third kappa shape index (κ3) is 4.47. The molecule has 4 N–H and O–H groups in total. The molecular formula is C14H22N2O2. The Morgan fingerprint density at radius 1 is 1.39 bits per heavy atom. The van der Waals surface area contributed by atoms with Crippen molar-refractivity contribution < 1.29 is 9.90 Å². The van der Waals surface area contributed by atoms with E-state index in [1.54, 1.807) is 13.8 Å². The molecule has 0 aromatic heterocycles. The summed E-state index contributed by atoms with van der Waals surface area (Å²) in [6.07, 6.45) is 0.215. The minimum atomic E-state index is -0.607. The number of benzene rings is 1. The number of hydrogen-bond acceptors (Lipinski definition) is 3. The van der Waals surface area contributed by atoms with Gasteiger partial charge in [-0.25, -0.2) is 0 Å². The number of hydrogen-bond donors (Lipinski definition) is 3. The largest absolute Gasteiger partial charge is 0.394 e. The molecule has 1 amide bonds. The van der Waals surface area contributed by atoms with E-state index in [9.17, 15) is 4.79 Å². The van der Waals surface area contributed by atoms with Crippen LogP contribution in [-0.4, -0.2) is 23.2 Å². The SMILES string of the molecule is Cc1ccc(C(N)CC(=O)NC(C)(C)CO)cc1. The summed E-state index contributed by atoms with van der Waals surface area (Å²) < 4.78 is 0. The Balaban J connectivity index is 2.57. The lowest BCUT2D eigenvalue weighted by molar-refractivity contribution is -0.123. The topological polar surface area (TPSA) is 75.4 Å². The minimum Gasteiger partial charge on any atom is -0.394 e. The van der Waals surface area contributed by atoms with Crippen LogP contribution >= 0.6 is 0 Å². The van der Waals surface area contributed by atoms with Crippen molar-refractivity contribution in [1.82, 2.24) is 5.32 Å². The summed E-state index contributed by atoms with van der Waals surface area (Å²) in [6, 6.07) is 7.50. The average molecular weight is 250 g/mol. The molecule has 18 heavy (non-hydrogen) atoms. The Bertz CT molecular complexity index is 399. The van der Waals surface area contributed by atoms with E-state index in [1.165, 1.54) is 0 Å². The third-order valence-electron chi connectivity index (χ3n) is 2.78. The first-order valence-electron chi connectivity index (χ1n) is 6.08. The molecule has 0 bridgehead atoms. The highest BCUT2D eigenvalue weighted by molar-refractivity contribution is 5.77. The lowest BCUT2D eigenvalue weighted by Crippen LogP contribution is -2.46. The van der Waals surface area contributed by atoms with Crippen molar-refractivity contribution in [2.24, 2.45) is 5.73 Å². The van der Waals surface area contributed by atoms with Gasteiger partial charge < -0.3 is 16.2 Å². The summed E-state index contributed by atoms with van der Waals surface area (Å²) in [5, 5.41) is 11.8. The second-order valence-electron chi connectivity index (χ2n) is 5.31. The first kappa shape index (κ1) is 14.7. The van der Waals surface area contributed by atoms with Crippen LogP contribution in [0, 0.1) is 6.92 Å². The summed E-state index contributed by atoms with van der Waals surface area (Å²) in [4.78, 5) is 11.8. The Labute approximate surface area is 108 Å². The number of carbonyl (C=O) groups is 1. The fraction of sp³-hybridized carbons (Fsp3) is 0.500. The Kier molecular flexibility index (Phi) is 4.87. The highest BCUT2D eigenvalue weighted by atomic mass is 16.3. The standard InChI is InChI=1S/C14H22N2O2/c1-10-4-6-11(7-5-10)12(15)8-13(18)16-14(2,3)9-17/h4-7,12,17H,8-9,15H2,1-3H3,(H,16,18). The van der Waals surface area contributed by atoms with Gasteiger partial charge in [-0.15, -0.1) is 0 Å². The maximum atomic E-state index is 11.8. The van der Waals surface area contributed by atoms with Gasteiger partial charge >= 0.3 is 0 Å². The zero-order chi connectivity index (χ0) is 13.8. The third-order valence-corrected chi connectivity index (χ3v) is 2.78. The van der Waals surface area contributed by atoms with Crippen LogP contribution in [0.2, 0.25) is 0 Å². The lowest BCUT2D eigenvalue weighted by Gasteiger charge is -2.24. The van der Waals surface area contributed by atoms with Crippen LogP contribution in [-0.2, 0) is 4.79 Å². The molecule has 0 radical (unpaired) electrons. The van der Waals surface area contributed by atoms with Gasteiger partial charge in [0.05, 0.1) is 12.1 Å². The summed E-state index contributed by atoms with van der Waals surface area (Å²) in [6.45, 7) is 5.44. The molecule has 1 rings (SSSR count). The van der Waals surface area contributed by atoms with Crippen molar-refractivity contribution in [3.8, 4) is 0 Å². The highest BCUT2D eigenvalue weighted by Gasteiger charge is 2.20. The Morgan fingerprint density at radius 3 is 2.44 bits per heavy atom. The average Bonchev–Trinajstić information content (AvgIpc) is 2.29. The number of nitrogens with one attached hydrogen (secondary N) is 1. The molecule has 1 unspecified atom stereocenters. The molecule has 0 aliphatic carbocycles. The van der Waals surface area contributed by atoms with Gasteiger partial charge in [-0.05, 0) is 26.3 Å². The van der Waals surface area contributed by atoms with Gasteiger partial charge in [0.2, 0.25) is 5.91 Å². The van der Waals surface area contributed by atoms with Crippen molar-refractivity contribution in [1.29, 1.82) is 0 Å². The van der Waals surface area contributed by atoms with E-state index < -0.39 is 5.54 Å². The van der Waals surface area contributed by atoms with Gasteiger partial charge in [-0.2, -0.15) is 0 Å². The normalized spacial score (nSPS) is 13.2. The summed E-state index contributed by atoms with van der Waals surface area (Å²) in [7, 11) is 0.